The molecule has 28 heavy (non-hydrogen) atoms. The van der Waals surface area contributed by atoms with E-state index in [0.717, 1.165) is 0 Å². The summed E-state index contributed by atoms with van der Waals surface area (Å²) < 4.78 is 91.9. The molecule has 3 aromatic rings. The van der Waals surface area contributed by atoms with Gasteiger partial charge in [-0.3, -0.25) is 14.5 Å². The number of para-hydroxylation sites is 1. The van der Waals surface area contributed by atoms with Gasteiger partial charge in [0.2, 0.25) is 0 Å². The van der Waals surface area contributed by atoms with Gasteiger partial charge < -0.3 is 9.25 Å². The SMILES string of the molecule is FCCc1nc(-n2[c-]c(C(F)(F)F)c(C(F)(F)F)n2)cn1-c1ccccc1.[Ir]. The van der Waals surface area contributed by atoms with Gasteiger partial charge in [-0.15, -0.1) is 0 Å². The number of halogens is 7. The van der Waals surface area contributed by atoms with Crippen LogP contribution in [0.2, 0.25) is 0 Å². The van der Waals surface area contributed by atoms with Crippen LogP contribution < -0.4 is 0 Å². The summed E-state index contributed by atoms with van der Waals surface area (Å²) in [5, 5.41) is 2.97. The van der Waals surface area contributed by atoms with E-state index < -0.39 is 30.3 Å². The summed E-state index contributed by atoms with van der Waals surface area (Å²) in [6.45, 7) is -0.812. The second kappa shape index (κ2) is 8.04. The second-order valence-corrected chi connectivity index (χ2v) is 5.40. The molecule has 0 aliphatic carbocycles. The van der Waals surface area contributed by atoms with Crippen molar-refractivity contribution < 1.29 is 50.8 Å². The molecular formula is C16H10F7IrN4-. The Morgan fingerprint density at radius 3 is 2.11 bits per heavy atom. The van der Waals surface area contributed by atoms with Crippen LogP contribution in [0.25, 0.3) is 11.5 Å². The molecule has 12 heteroatoms. The smallest absolute Gasteiger partial charge is 0.341 e. The van der Waals surface area contributed by atoms with Crippen molar-refractivity contribution in [2.45, 2.75) is 18.8 Å². The van der Waals surface area contributed by atoms with Gasteiger partial charge >= 0.3 is 12.4 Å². The minimum Gasteiger partial charge on any atom is -0.341 e. The number of alkyl halides is 7. The molecule has 0 saturated carbocycles. The van der Waals surface area contributed by atoms with Crippen LogP contribution in [0.15, 0.2) is 36.5 Å². The molecule has 4 nitrogen and oxygen atoms in total. The van der Waals surface area contributed by atoms with Crippen molar-refractivity contribution in [3.63, 3.8) is 0 Å². The van der Waals surface area contributed by atoms with Gasteiger partial charge in [0.05, 0.1) is 18.2 Å². The van der Waals surface area contributed by atoms with E-state index in [-0.39, 0.29) is 42.9 Å². The molecule has 0 N–H and O–H groups in total. The maximum absolute atomic E-state index is 12.9. The largest absolute Gasteiger partial charge is 0.397 e. The van der Waals surface area contributed by atoms with Gasteiger partial charge in [-0.2, -0.15) is 26.3 Å². The number of aryl methyl sites for hydroxylation is 1. The summed E-state index contributed by atoms with van der Waals surface area (Å²) in [5.74, 6) is -0.229. The number of benzene rings is 1. The molecule has 0 aliphatic heterocycles. The van der Waals surface area contributed by atoms with E-state index in [4.69, 9.17) is 0 Å². The third-order valence-electron chi connectivity index (χ3n) is 3.54. The number of aromatic nitrogens is 4. The molecule has 0 unspecified atom stereocenters. The Morgan fingerprint density at radius 1 is 0.964 bits per heavy atom. The minimum atomic E-state index is -5.32. The van der Waals surface area contributed by atoms with E-state index >= 15 is 0 Å². The first kappa shape index (κ1) is 22.1. The van der Waals surface area contributed by atoms with E-state index in [1.807, 2.05) is 0 Å². The zero-order chi connectivity index (χ0) is 19.8. The molecule has 0 bridgehead atoms. The van der Waals surface area contributed by atoms with E-state index in [2.05, 4.69) is 10.1 Å². The standard InChI is InChI=1S/C16H10F7N4.Ir/c17-7-6-12-24-13(9-26(12)10-4-2-1-3-5-10)27-8-11(15(18,19)20)14(25-27)16(21,22)23;/h1-5,9H,6-7H2;/q-1;. The number of nitrogens with zero attached hydrogens (tertiary/aromatic N) is 4. The fourth-order valence-corrected chi connectivity index (χ4v) is 2.42. The zero-order valence-corrected chi connectivity index (χ0v) is 16.0. The quantitative estimate of drug-likeness (QED) is 0.337. The topological polar surface area (TPSA) is 35.6 Å². The molecule has 0 aliphatic rings. The Hall–Kier alpha value is -2.20. The number of imidazole rings is 1. The summed E-state index contributed by atoms with van der Waals surface area (Å²) >= 11 is 0. The Labute approximate surface area is 167 Å². The summed E-state index contributed by atoms with van der Waals surface area (Å²) in [4.78, 5) is 3.92. The second-order valence-electron chi connectivity index (χ2n) is 5.40. The number of rotatable bonds is 4. The molecule has 0 atom stereocenters. The van der Waals surface area contributed by atoms with E-state index in [9.17, 15) is 30.7 Å². The Balaban J connectivity index is 0.00000280. The van der Waals surface area contributed by atoms with Crippen molar-refractivity contribution in [2.75, 3.05) is 6.67 Å². The van der Waals surface area contributed by atoms with Crippen LogP contribution in [-0.4, -0.2) is 26.0 Å². The van der Waals surface area contributed by atoms with Crippen molar-refractivity contribution in [1.82, 2.24) is 19.3 Å². The Morgan fingerprint density at radius 2 is 1.61 bits per heavy atom. The molecule has 0 spiro atoms. The molecule has 3 rings (SSSR count). The van der Waals surface area contributed by atoms with Crippen molar-refractivity contribution in [3.05, 3.63) is 59.8 Å². The predicted octanol–water partition coefficient (Wildman–Crippen LogP) is 4.41. The van der Waals surface area contributed by atoms with Crippen LogP contribution in [0.1, 0.15) is 17.1 Å². The van der Waals surface area contributed by atoms with Gasteiger partial charge in [-0.25, -0.2) is 0 Å². The normalized spacial score (nSPS) is 12.1. The summed E-state index contributed by atoms with van der Waals surface area (Å²) in [6.07, 6.45) is -8.07. The van der Waals surface area contributed by atoms with Gasteiger partial charge in [0.25, 0.3) is 0 Å². The molecule has 0 fully saturated rings. The minimum absolute atomic E-state index is 0. The average molecular weight is 583 g/mol. The van der Waals surface area contributed by atoms with Gasteiger partial charge in [-0.1, -0.05) is 24.4 Å². The van der Waals surface area contributed by atoms with Crippen LogP contribution in [0.3, 0.4) is 0 Å². The van der Waals surface area contributed by atoms with E-state index in [1.54, 1.807) is 36.5 Å². The monoisotopic (exact) mass is 584 g/mol. The first-order chi connectivity index (χ1) is 12.6. The van der Waals surface area contributed by atoms with Crippen LogP contribution in [-0.2, 0) is 38.9 Å². The molecule has 1 aromatic carbocycles. The fourth-order valence-electron chi connectivity index (χ4n) is 2.42. The maximum Gasteiger partial charge on any atom is 0.397 e. The fraction of sp³-hybridized carbons (Fsp3) is 0.250. The van der Waals surface area contributed by atoms with Crippen LogP contribution in [0.4, 0.5) is 30.7 Å². The first-order valence-corrected chi connectivity index (χ1v) is 7.48. The van der Waals surface area contributed by atoms with Gasteiger partial charge in [0, 0.05) is 32.2 Å². The molecule has 0 amide bonds. The Bertz CT molecular complexity index is 897. The predicted molar refractivity (Wildman–Crippen MR) is 79.2 cm³/mol. The van der Waals surface area contributed by atoms with Crippen molar-refractivity contribution in [3.8, 4) is 11.5 Å². The van der Waals surface area contributed by atoms with E-state index in [1.165, 1.54) is 10.8 Å². The third-order valence-corrected chi connectivity index (χ3v) is 3.54. The van der Waals surface area contributed by atoms with Gasteiger partial charge in [0.1, 0.15) is 5.82 Å². The molecule has 0 saturated heterocycles. The Kier molecular flexibility index (Phi) is 6.34. The van der Waals surface area contributed by atoms with Crippen molar-refractivity contribution in [1.29, 1.82) is 0 Å². The third kappa shape index (κ3) is 4.44. The molecule has 153 valence electrons. The van der Waals surface area contributed by atoms with Gasteiger partial charge in [0.15, 0.2) is 0 Å². The first-order valence-electron chi connectivity index (χ1n) is 7.48. The van der Waals surface area contributed by atoms with Crippen LogP contribution in [0, 0.1) is 6.20 Å². The summed E-state index contributed by atoms with van der Waals surface area (Å²) in [7, 11) is 0. The van der Waals surface area contributed by atoms with Crippen molar-refractivity contribution in [2.24, 2.45) is 0 Å². The van der Waals surface area contributed by atoms with Gasteiger partial charge in [-0.05, 0) is 23.9 Å². The molecular weight excluding hydrogens is 573 g/mol. The van der Waals surface area contributed by atoms with Crippen LogP contribution in [0.5, 0.6) is 0 Å². The maximum atomic E-state index is 12.9. The van der Waals surface area contributed by atoms with Crippen molar-refractivity contribution >= 4 is 0 Å². The number of hydrogen-bond acceptors (Lipinski definition) is 2. The molecule has 1 radical (unpaired) electrons. The summed E-state index contributed by atoms with van der Waals surface area (Å²) in [6, 6.07) is 8.29. The molecule has 2 heterocycles. The van der Waals surface area contributed by atoms with E-state index in [0.29, 0.717) is 5.69 Å². The number of hydrogen-bond donors (Lipinski definition) is 0. The average Bonchev–Trinajstić information content (AvgIpc) is 3.19. The molecule has 2 aromatic heterocycles. The summed E-state index contributed by atoms with van der Waals surface area (Å²) in [5.41, 5.74) is -3.65. The zero-order valence-electron chi connectivity index (χ0n) is 13.6. The van der Waals surface area contributed by atoms with Crippen LogP contribution >= 0.6 is 0 Å².